The van der Waals surface area contributed by atoms with E-state index < -0.39 is 31.1 Å². The van der Waals surface area contributed by atoms with E-state index in [1.165, 1.54) is 4.90 Å². The van der Waals surface area contributed by atoms with Gasteiger partial charge in [-0.1, -0.05) is 12.2 Å². The smallest absolute Gasteiger partial charge is 0.323 e. The number of carbonyl (C=O) groups excluding carboxylic acids is 1. The van der Waals surface area contributed by atoms with Gasteiger partial charge in [-0.05, 0) is 13.8 Å². The molecule has 0 heterocycles. The first kappa shape index (κ1) is 16.0. The van der Waals surface area contributed by atoms with Crippen LogP contribution in [0.5, 0.6) is 0 Å². The van der Waals surface area contributed by atoms with Crippen molar-refractivity contribution in [3.05, 3.63) is 12.2 Å². The van der Waals surface area contributed by atoms with Crippen LogP contribution in [0.1, 0.15) is 13.8 Å². The molecule has 0 aromatic rings. The third-order valence-electron chi connectivity index (χ3n) is 2.04. The molecule has 18 heavy (non-hydrogen) atoms. The summed E-state index contributed by atoms with van der Waals surface area (Å²) in [6.07, 6.45) is 0. The van der Waals surface area contributed by atoms with E-state index in [1.54, 1.807) is 13.8 Å². The van der Waals surface area contributed by atoms with Crippen LogP contribution in [-0.2, 0) is 9.59 Å². The van der Waals surface area contributed by atoms with Crippen LogP contribution in [0.2, 0.25) is 0 Å². The number of carbonyl (C=O) groups is 3. The largest absolute Gasteiger partial charge is 0.480 e. The molecule has 0 aromatic heterocycles. The van der Waals surface area contributed by atoms with Gasteiger partial charge in [0.2, 0.25) is 0 Å². The number of nitrogens with zero attached hydrogens (tertiary/aromatic N) is 2. The van der Waals surface area contributed by atoms with E-state index in [2.05, 4.69) is 6.58 Å². The maximum absolute atomic E-state index is 12.0. The molecular weight excluding hydrogens is 240 g/mol. The zero-order valence-corrected chi connectivity index (χ0v) is 10.5. The van der Waals surface area contributed by atoms with Gasteiger partial charge in [-0.2, -0.15) is 0 Å². The summed E-state index contributed by atoms with van der Waals surface area (Å²) in [5, 5.41) is 17.3. The summed E-state index contributed by atoms with van der Waals surface area (Å²) in [6, 6.07) is -0.620. The van der Waals surface area contributed by atoms with E-state index in [-0.39, 0.29) is 6.54 Å². The molecule has 0 rings (SSSR count). The fourth-order valence-electron chi connectivity index (χ4n) is 1.36. The van der Waals surface area contributed by atoms with Crippen LogP contribution >= 0.6 is 0 Å². The molecule has 0 radical (unpaired) electrons. The van der Waals surface area contributed by atoms with Crippen molar-refractivity contribution in [2.24, 2.45) is 0 Å². The highest BCUT2D eigenvalue weighted by Gasteiger charge is 2.23. The Bertz CT molecular complexity index is 337. The Morgan fingerprint density at radius 2 is 1.44 bits per heavy atom. The third-order valence-corrected chi connectivity index (χ3v) is 2.04. The van der Waals surface area contributed by atoms with Crippen molar-refractivity contribution in [3.63, 3.8) is 0 Å². The number of hydrogen-bond acceptors (Lipinski definition) is 3. The molecule has 2 N–H and O–H groups in total. The number of amides is 2. The number of urea groups is 1. The zero-order valence-electron chi connectivity index (χ0n) is 10.5. The maximum atomic E-state index is 12.0. The summed E-state index contributed by atoms with van der Waals surface area (Å²) in [6.45, 7) is 6.45. The minimum atomic E-state index is -1.25. The molecule has 0 aliphatic heterocycles. The molecule has 2 amide bonds. The topological polar surface area (TPSA) is 98.2 Å². The second kappa shape index (κ2) is 7.31. The number of rotatable bonds is 7. The van der Waals surface area contributed by atoms with Gasteiger partial charge in [0.1, 0.15) is 13.1 Å². The van der Waals surface area contributed by atoms with Crippen LogP contribution in [0.4, 0.5) is 4.79 Å². The predicted octanol–water partition coefficient (Wildman–Crippen LogP) is 0.476. The molecule has 0 spiro atoms. The Morgan fingerprint density at radius 3 is 1.72 bits per heavy atom. The SMILES string of the molecule is C=C(C)CN(CC)C(=O)N(CC(=O)O)CC(=O)O. The van der Waals surface area contributed by atoms with Crippen LogP contribution in [0.25, 0.3) is 0 Å². The lowest BCUT2D eigenvalue weighted by atomic mass is 10.3. The molecule has 7 heteroatoms. The quantitative estimate of drug-likeness (QED) is 0.647. The Kier molecular flexibility index (Phi) is 6.48. The second-order valence-corrected chi connectivity index (χ2v) is 3.90. The van der Waals surface area contributed by atoms with E-state index >= 15 is 0 Å². The molecule has 0 saturated carbocycles. The first-order valence-electron chi connectivity index (χ1n) is 5.39. The molecule has 0 aliphatic carbocycles. The van der Waals surface area contributed by atoms with Gasteiger partial charge in [0.15, 0.2) is 0 Å². The zero-order chi connectivity index (χ0) is 14.3. The van der Waals surface area contributed by atoms with Gasteiger partial charge in [0, 0.05) is 13.1 Å². The van der Waals surface area contributed by atoms with Crippen molar-refractivity contribution in [1.29, 1.82) is 0 Å². The van der Waals surface area contributed by atoms with Gasteiger partial charge in [0.25, 0.3) is 0 Å². The van der Waals surface area contributed by atoms with Crippen molar-refractivity contribution >= 4 is 18.0 Å². The van der Waals surface area contributed by atoms with Crippen molar-refractivity contribution in [3.8, 4) is 0 Å². The summed E-state index contributed by atoms with van der Waals surface area (Å²) in [5.41, 5.74) is 0.732. The second-order valence-electron chi connectivity index (χ2n) is 3.90. The minimum Gasteiger partial charge on any atom is -0.480 e. The molecule has 0 aromatic carbocycles. The number of carboxylic acid groups (broad SMARTS) is 2. The highest BCUT2D eigenvalue weighted by Crippen LogP contribution is 2.03. The molecule has 7 nitrogen and oxygen atoms in total. The Balaban J connectivity index is 4.84. The fourth-order valence-corrected chi connectivity index (χ4v) is 1.36. The number of aliphatic carboxylic acids is 2. The van der Waals surface area contributed by atoms with Gasteiger partial charge >= 0.3 is 18.0 Å². The fraction of sp³-hybridized carbons (Fsp3) is 0.545. The Labute approximate surface area is 105 Å². The van der Waals surface area contributed by atoms with E-state index in [9.17, 15) is 14.4 Å². The molecule has 0 fully saturated rings. The molecule has 0 aliphatic rings. The average molecular weight is 258 g/mol. The van der Waals surface area contributed by atoms with Gasteiger partial charge < -0.3 is 20.0 Å². The lowest BCUT2D eigenvalue weighted by Crippen LogP contribution is -2.47. The lowest BCUT2D eigenvalue weighted by molar-refractivity contribution is -0.140. The van der Waals surface area contributed by atoms with E-state index in [0.717, 1.165) is 10.5 Å². The minimum absolute atomic E-state index is 0.269. The molecule has 0 unspecified atom stereocenters. The van der Waals surface area contributed by atoms with Crippen LogP contribution in [0.15, 0.2) is 12.2 Å². The van der Waals surface area contributed by atoms with Gasteiger partial charge in [-0.25, -0.2) is 4.79 Å². The van der Waals surface area contributed by atoms with Crippen molar-refractivity contribution in [2.45, 2.75) is 13.8 Å². The Morgan fingerprint density at radius 1 is 1.00 bits per heavy atom. The first-order valence-corrected chi connectivity index (χ1v) is 5.39. The van der Waals surface area contributed by atoms with Crippen LogP contribution in [0.3, 0.4) is 0 Å². The van der Waals surface area contributed by atoms with Crippen molar-refractivity contribution in [2.75, 3.05) is 26.2 Å². The number of likely N-dealkylation sites (N-methyl/N-ethyl adjacent to an activating group) is 1. The normalized spacial score (nSPS) is 9.67. The predicted molar refractivity (Wildman–Crippen MR) is 64.3 cm³/mol. The highest BCUT2D eigenvalue weighted by atomic mass is 16.4. The van der Waals surface area contributed by atoms with Gasteiger partial charge in [-0.3, -0.25) is 9.59 Å². The number of hydrogen-bond donors (Lipinski definition) is 2. The van der Waals surface area contributed by atoms with E-state index in [0.29, 0.717) is 6.54 Å². The van der Waals surface area contributed by atoms with Crippen LogP contribution < -0.4 is 0 Å². The van der Waals surface area contributed by atoms with Crippen LogP contribution in [-0.4, -0.2) is 64.2 Å². The monoisotopic (exact) mass is 258 g/mol. The number of carboxylic acids is 2. The first-order chi connectivity index (χ1) is 8.27. The van der Waals surface area contributed by atoms with E-state index in [4.69, 9.17) is 10.2 Å². The molecule has 0 bridgehead atoms. The van der Waals surface area contributed by atoms with Crippen molar-refractivity contribution < 1.29 is 24.6 Å². The maximum Gasteiger partial charge on any atom is 0.323 e. The molecule has 0 atom stereocenters. The summed E-state index contributed by atoms with van der Waals surface area (Å²) in [7, 11) is 0. The van der Waals surface area contributed by atoms with Crippen molar-refractivity contribution in [1.82, 2.24) is 9.80 Å². The molecule has 102 valence electrons. The van der Waals surface area contributed by atoms with E-state index in [1.807, 2.05) is 0 Å². The van der Waals surface area contributed by atoms with Gasteiger partial charge in [0.05, 0.1) is 0 Å². The van der Waals surface area contributed by atoms with Crippen LogP contribution in [0, 0.1) is 0 Å². The summed E-state index contributed by atoms with van der Waals surface area (Å²) >= 11 is 0. The average Bonchev–Trinajstić information content (AvgIpc) is 2.22. The third kappa shape index (κ3) is 5.88. The summed E-state index contributed by atoms with van der Waals surface area (Å²) in [4.78, 5) is 35.3. The van der Waals surface area contributed by atoms with Gasteiger partial charge in [-0.15, -0.1) is 0 Å². The standard InChI is InChI=1S/C11H18N2O5/c1-4-12(5-8(2)3)11(18)13(6-9(14)15)7-10(16)17/h2,4-7H2,1,3H3,(H,14,15)(H,16,17). The molecule has 0 saturated heterocycles. The summed E-state index contributed by atoms with van der Waals surface area (Å²) < 4.78 is 0. The summed E-state index contributed by atoms with van der Waals surface area (Å²) in [5.74, 6) is -2.51. The Hall–Kier alpha value is -2.05. The molecular formula is C11H18N2O5. The highest BCUT2D eigenvalue weighted by molar-refractivity contribution is 5.84. The lowest BCUT2D eigenvalue weighted by Gasteiger charge is -2.28.